The molecule has 5 N–H and O–H groups in total. The van der Waals surface area contributed by atoms with E-state index < -0.39 is 18.2 Å². The van der Waals surface area contributed by atoms with Gasteiger partial charge in [-0.3, -0.25) is 4.79 Å². The van der Waals surface area contributed by atoms with Crippen LogP contribution in [0.3, 0.4) is 0 Å². The largest absolute Gasteiger partial charge is 0.508 e. The number of hydrogen-bond acceptors (Lipinski definition) is 6. The van der Waals surface area contributed by atoms with E-state index in [4.69, 9.17) is 5.11 Å². The lowest BCUT2D eigenvalue weighted by Gasteiger charge is -2.06. The van der Waals surface area contributed by atoms with E-state index in [9.17, 15) is 30.0 Å². The van der Waals surface area contributed by atoms with Crippen molar-refractivity contribution in [2.75, 3.05) is 13.2 Å². The fourth-order valence-corrected chi connectivity index (χ4v) is 2.43. The first kappa shape index (κ1) is 23.1. The van der Waals surface area contributed by atoms with Crippen molar-refractivity contribution in [3.05, 3.63) is 58.7 Å². The van der Waals surface area contributed by atoms with Crippen LogP contribution in [-0.2, 0) is 4.79 Å². The van der Waals surface area contributed by atoms with E-state index >= 15 is 0 Å². The number of carbonyl (C=O) groups is 2. The van der Waals surface area contributed by atoms with E-state index in [1.54, 1.807) is 13.0 Å². The average Bonchev–Trinajstić information content (AvgIpc) is 2.67. The third kappa shape index (κ3) is 7.77. The number of rotatable bonds is 11. The highest BCUT2D eigenvalue weighted by atomic mass is 16.4. The van der Waals surface area contributed by atoms with E-state index in [1.165, 1.54) is 12.1 Å². The van der Waals surface area contributed by atoms with Crippen LogP contribution in [0.2, 0.25) is 0 Å². The molecule has 0 bridgehead atoms. The first-order valence-electron chi connectivity index (χ1n) is 8.81. The SMILES string of the molecule is CC(=CCCC(=CCC=C(CC(=O)c1cc(O)ccc1O)C(=O)O)CO)CO. The fraction of sp³-hybridized carbons (Fsp3) is 0.333. The van der Waals surface area contributed by atoms with Crippen LogP contribution in [-0.4, -0.2) is 50.5 Å². The van der Waals surface area contributed by atoms with Gasteiger partial charge in [0.25, 0.3) is 0 Å². The van der Waals surface area contributed by atoms with Crippen LogP contribution in [0.4, 0.5) is 0 Å². The van der Waals surface area contributed by atoms with Crippen molar-refractivity contribution < 1.29 is 35.1 Å². The number of phenols is 2. The highest BCUT2D eigenvalue weighted by molar-refractivity contribution is 6.04. The highest BCUT2D eigenvalue weighted by Gasteiger charge is 2.17. The number of benzene rings is 1. The van der Waals surface area contributed by atoms with Crippen LogP contribution in [0.5, 0.6) is 11.5 Å². The molecule has 0 spiro atoms. The summed E-state index contributed by atoms with van der Waals surface area (Å²) in [5.41, 5.74) is 1.26. The average molecular weight is 390 g/mol. The molecule has 7 heteroatoms. The van der Waals surface area contributed by atoms with Crippen molar-refractivity contribution in [3.8, 4) is 11.5 Å². The lowest BCUT2D eigenvalue weighted by molar-refractivity contribution is -0.132. The van der Waals surface area contributed by atoms with E-state index in [0.717, 1.165) is 23.3 Å². The van der Waals surface area contributed by atoms with Crippen LogP contribution in [0, 0.1) is 0 Å². The molecule has 0 radical (unpaired) electrons. The van der Waals surface area contributed by atoms with Crippen molar-refractivity contribution in [1.82, 2.24) is 0 Å². The highest BCUT2D eigenvalue weighted by Crippen LogP contribution is 2.24. The molecule has 0 saturated carbocycles. The van der Waals surface area contributed by atoms with E-state index in [1.807, 2.05) is 6.08 Å². The second kappa shape index (κ2) is 11.7. The standard InChI is InChI=1S/C21H26O7/c1-14(12-22)4-2-5-15(13-23)6-3-7-16(21(27)28)10-20(26)18-11-17(24)8-9-19(18)25/h4,6-9,11,22-25H,2-3,5,10,12-13H2,1H3,(H,27,28). The van der Waals surface area contributed by atoms with Gasteiger partial charge < -0.3 is 25.5 Å². The van der Waals surface area contributed by atoms with E-state index in [0.29, 0.717) is 12.8 Å². The fourth-order valence-electron chi connectivity index (χ4n) is 2.43. The Kier molecular flexibility index (Phi) is 9.70. The normalized spacial score (nSPS) is 12.9. The predicted octanol–water partition coefficient (Wildman–Crippen LogP) is 2.71. The molecule has 0 aliphatic carbocycles. The van der Waals surface area contributed by atoms with Gasteiger partial charge in [0.15, 0.2) is 5.78 Å². The minimum absolute atomic E-state index is 0.0222. The number of carbonyl (C=O) groups excluding carboxylic acids is 1. The number of ketones is 1. The summed E-state index contributed by atoms with van der Waals surface area (Å²) in [6.45, 7) is 1.61. The summed E-state index contributed by atoms with van der Waals surface area (Å²) in [6, 6.07) is 3.47. The number of Topliss-reactive ketones (excluding diaryl/α,β-unsaturated/α-hetero) is 1. The number of aliphatic hydroxyl groups excluding tert-OH is 2. The van der Waals surface area contributed by atoms with Gasteiger partial charge in [0.2, 0.25) is 0 Å². The zero-order valence-electron chi connectivity index (χ0n) is 15.8. The summed E-state index contributed by atoms with van der Waals surface area (Å²) in [5, 5.41) is 46.8. The summed E-state index contributed by atoms with van der Waals surface area (Å²) in [6.07, 6.45) is 5.94. The predicted molar refractivity (Wildman–Crippen MR) is 104 cm³/mol. The lowest BCUT2D eigenvalue weighted by atomic mass is 10.0. The minimum Gasteiger partial charge on any atom is -0.508 e. The van der Waals surface area contributed by atoms with Gasteiger partial charge in [-0.15, -0.1) is 0 Å². The molecule has 0 aliphatic heterocycles. The lowest BCUT2D eigenvalue weighted by Crippen LogP contribution is -2.08. The quantitative estimate of drug-likeness (QED) is 0.170. The maximum absolute atomic E-state index is 12.3. The van der Waals surface area contributed by atoms with Gasteiger partial charge in [0.05, 0.1) is 18.8 Å². The Morgan fingerprint density at radius 2 is 1.75 bits per heavy atom. The van der Waals surface area contributed by atoms with Gasteiger partial charge in [-0.2, -0.15) is 0 Å². The Labute approximate surface area is 163 Å². The van der Waals surface area contributed by atoms with Crippen molar-refractivity contribution in [2.24, 2.45) is 0 Å². The molecule has 0 fully saturated rings. The molecule has 0 aromatic heterocycles. The second-order valence-electron chi connectivity index (χ2n) is 6.34. The number of aliphatic hydroxyl groups is 2. The first-order chi connectivity index (χ1) is 13.3. The van der Waals surface area contributed by atoms with Gasteiger partial charge in [-0.05, 0) is 50.0 Å². The number of allylic oxidation sites excluding steroid dienone is 3. The molecular weight excluding hydrogens is 364 g/mol. The van der Waals surface area contributed by atoms with Crippen molar-refractivity contribution in [1.29, 1.82) is 0 Å². The van der Waals surface area contributed by atoms with E-state index in [-0.39, 0.29) is 42.3 Å². The monoisotopic (exact) mass is 390 g/mol. The Balaban J connectivity index is 2.81. The first-order valence-corrected chi connectivity index (χ1v) is 8.81. The maximum Gasteiger partial charge on any atom is 0.331 e. The Hall–Kier alpha value is -2.90. The summed E-state index contributed by atoms with van der Waals surface area (Å²) in [4.78, 5) is 23.7. The molecule has 1 aromatic carbocycles. The molecule has 0 aliphatic rings. The van der Waals surface area contributed by atoms with Gasteiger partial charge in [0.1, 0.15) is 11.5 Å². The zero-order valence-corrected chi connectivity index (χ0v) is 15.8. The van der Waals surface area contributed by atoms with Crippen molar-refractivity contribution >= 4 is 11.8 Å². The molecule has 152 valence electrons. The Morgan fingerprint density at radius 1 is 1.04 bits per heavy atom. The van der Waals surface area contributed by atoms with Crippen LogP contribution in [0.1, 0.15) is 43.0 Å². The van der Waals surface area contributed by atoms with Gasteiger partial charge in [-0.25, -0.2) is 4.79 Å². The van der Waals surface area contributed by atoms with Crippen LogP contribution in [0.25, 0.3) is 0 Å². The molecule has 7 nitrogen and oxygen atoms in total. The Morgan fingerprint density at radius 3 is 2.36 bits per heavy atom. The smallest absolute Gasteiger partial charge is 0.331 e. The molecule has 1 rings (SSSR count). The van der Waals surface area contributed by atoms with Gasteiger partial charge in [0, 0.05) is 12.0 Å². The molecule has 0 heterocycles. The number of carboxylic acids is 1. The molecule has 0 unspecified atom stereocenters. The van der Waals surface area contributed by atoms with Crippen LogP contribution >= 0.6 is 0 Å². The topological polar surface area (TPSA) is 135 Å². The minimum atomic E-state index is -1.26. The van der Waals surface area contributed by atoms with Gasteiger partial charge in [-0.1, -0.05) is 23.8 Å². The van der Waals surface area contributed by atoms with Crippen molar-refractivity contribution in [3.63, 3.8) is 0 Å². The number of carboxylic acid groups (broad SMARTS) is 1. The van der Waals surface area contributed by atoms with Crippen LogP contribution < -0.4 is 0 Å². The van der Waals surface area contributed by atoms with Crippen molar-refractivity contribution in [2.45, 2.75) is 32.6 Å². The second-order valence-corrected chi connectivity index (χ2v) is 6.34. The molecular formula is C21H26O7. The van der Waals surface area contributed by atoms with E-state index in [2.05, 4.69) is 0 Å². The molecule has 0 amide bonds. The zero-order chi connectivity index (χ0) is 21.1. The van der Waals surface area contributed by atoms with Gasteiger partial charge >= 0.3 is 5.97 Å². The molecule has 0 saturated heterocycles. The molecule has 1 aromatic rings. The Bertz CT molecular complexity index is 788. The number of phenolic OH excluding ortho intramolecular Hbond substituents is 2. The molecule has 0 atom stereocenters. The van der Waals surface area contributed by atoms with Crippen LogP contribution in [0.15, 0.2) is 53.1 Å². The summed E-state index contributed by atoms with van der Waals surface area (Å²) in [7, 11) is 0. The third-order valence-electron chi connectivity index (χ3n) is 4.09. The third-order valence-corrected chi connectivity index (χ3v) is 4.09. The summed E-state index contributed by atoms with van der Waals surface area (Å²) >= 11 is 0. The number of hydrogen-bond donors (Lipinski definition) is 5. The summed E-state index contributed by atoms with van der Waals surface area (Å²) < 4.78 is 0. The molecule has 28 heavy (non-hydrogen) atoms. The number of aromatic hydroxyl groups is 2. The maximum atomic E-state index is 12.3. The number of aliphatic carboxylic acids is 1. The summed E-state index contributed by atoms with van der Waals surface area (Å²) in [5.74, 6) is -2.42.